The van der Waals surface area contributed by atoms with Gasteiger partial charge in [-0.2, -0.15) is 0 Å². The van der Waals surface area contributed by atoms with E-state index in [-0.39, 0.29) is 23.2 Å². The van der Waals surface area contributed by atoms with Crippen molar-refractivity contribution in [2.75, 3.05) is 37.0 Å². The molecule has 1 saturated heterocycles. The summed E-state index contributed by atoms with van der Waals surface area (Å²) in [5.74, 6) is 1.39. The Bertz CT molecular complexity index is 1690. The molecule has 4 aromatic rings. The molecule has 39 heavy (non-hydrogen) atoms. The number of amides is 1. The number of fused-ring (bicyclic) bond motifs is 2. The number of likely N-dealkylation sites (N-methyl/N-ethyl adjacent to an activating group) is 1. The molecule has 0 saturated carbocycles. The molecule has 2 aliphatic heterocycles. The van der Waals surface area contributed by atoms with Crippen molar-refractivity contribution < 1.29 is 14.3 Å². The van der Waals surface area contributed by atoms with Crippen LogP contribution in [0.5, 0.6) is 5.75 Å². The van der Waals surface area contributed by atoms with E-state index in [1.165, 1.54) is 6.33 Å². The number of hydrogen-bond acceptors (Lipinski definition) is 7. The first-order valence-electron chi connectivity index (χ1n) is 13.0. The molecular weight excluding hydrogens is 494 g/mol. The van der Waals surface area contributed by atoms with Gasteiger partial charge in [0.15, 0.2) is 0 Å². The van der Waals surface area contributed by atoms with Gasteiger partial charge in [0, 0.05) is 53.9 Å². The zero-order valence-corrected chi connectivity index (χ0v) is 22.2. The highest BCUT2D eigenvalue weighted by Crippen LogP contribution is 2.34. The summed E-state index contributed by atoms with van der Waals surface area (Å²) in [5, 5.41) is 0.947. The van der Waals surface area contributed by atoms with E-state index in [2.05, 4.69) is 19.9 Å². The van der Waals surface area contributed by atoms with E-state index in [1.54, 1.807) is 31.2 Å². The van der Waals surface area contributed by atoms with E-state index in [4.69, 9.17) is 4.74 Å². The highest BCUT2D eigenvalue weighted by Gasteiger charge is 2.28. The van der Waals surface area contributed by atoms with E-state index in [0.717, 1.165) is 51.9 Å². The van der Waals surface area contributed by atoms with Crippen molar-refractivity contribution in [2.45, 2.75) is 32.1 Å². The molecule has 1 amide bonds. The number of carbonyl (C=O) groups excluding carboxylic acids is 2. The summed E-state index contributed by atoms with van der Waals surface area (Å²) in [4.78, 5) is 53.9. The first-order valence-corrected chi connectivity index (χ1v) is 13.0. The van der Waals surface area contributed by atoms with Gasteiger partial charge in [0.1, 0.15) is 23.6 Å². The van der Waals surface area contributed by atoms with Crippen LogP contribution in [0.3, 0.4) is 0 Å². The second-order valence-corrected chi connectivity index (χ2v) is 10.3. The van der Waals surface area contributed by atoms with Gasteiger partial charge in [-0.1, -0.05) is 0 Å². The van der Waals surface area contributed by atoms with Gasteiger partial charge in [-0.05, 0) is 73.2 Å². The van der Waals surface area contributed by atoms with Crippen molar-refractivity contribution in [3.8, 4) is 5.75 Å². The van der Waals surface area contributed by atoms with Gasteiger partial charge in [0.05, 0.1) is 13.5 Å². The third kappa shape index (κ3) is 4.43. The van der Waals surface area contributed by atoms with Crippen molar-refractivity contribution in [1.29, 1.82) is 0 Å². The molecule has 0 spiro atoms. The number of rotatable bonds is 5. The third-order valence-electron chi connectivity index (χ3n) is 7.92. The number of aromatic amines is 1. The van der Waals surface area contributed by atoms with E-state index in [0.29, 0.717) is 36.6 Å². The Morgan fingerprint density at radius 2 is 1.85 bits per heavy atom. The fraction of sp³-hybridized carbons (Fsp3) is 0.300. The predicted molar refractivity (Wildman–Crippen MR) is 149 cm³/mol. The molecule has 0 aliphatic carbocycles. The average molecular weight is 524 g/mol. The number of pyridine rings is 1. The minimum Gasteiger partial charge on any atom is -0.497 e. The zero-order valence-electron chi connectivity index (χ0n) is 22.2. The molecule has 2 aromatic carbocycles. The summed E-state index contributed by atoms with van der Waals surface area (Å²) in [6, 6.07) is 13.0. The Balaban J connectivity index is 1.19. The number of methoxy groups -OCH3 is 1. The number of ketones is 1. The summed E-state index contributed by atoms with van der Waals surface area (Å²) in [7, 11) is 3.39. The highest BCUT2D eigenvalue weighted by molar-refractivity contribution is 6.10. The molecule has 1 fully saturated rings. The fourth-order valence-electron chi connectivity index (χ4n) is 5.85. The van der Waals surface area contributed by atoms with Crippen LogP contribution in [0.15, 0.2) is 53.6 Å². The van der Waals surface area contributed by atoms with Gasteiger partial charge in [-0.15, -0.1) is 0 Å². The summed E-state index contributed by atoms with van der Waals surface area (Å²) >= 11 is 0. The van der Waals surface area contributed by atoms with Gasteiger partial charge in [0.2, 0.25) is 11.7 Å². The van der Waals surface area contributed by atoms with E-state index < -0.39 is 0 Å². The predicted octanol–water partition coefficient (Wildman–Crippen LogP) is 3.77. The van der Waals surface area contributed by atoms with Gasteiger partial charge < -0.3 is 19.5 Å². The minimum atomic E-state index is -0.195. The van der Waals surface area contributed by atoms with E-state index in [9.17, 15) is 14.4 Å². The summed E-state index contributed by atoms with van der Waals surface area (Å²) < 4.78 is 5.34. The second kappa shape index (κ2) is 9.65. The monoisotopic (exact) mass is 523 g/mol. The van der Waals surface area contributed by atoms with Gasteiger partial charge >= 0.3 is 0 Å². The van der Waals surface area contributed by atoms with Gasteiger partial charge in [0.25, 0.3) is 5.56 Å². The Labute approximate surface area is 225 Å². The molecule has 0 bridgehead atoms. The van der Waals surface area contributed by atoms with Crippen molar-refractivity contribution in [3.63, 3.8) is 0 Å². The molecule has 2 aromatic heterocycles. The zero-order chi connectivity index (χ0) is 27.3. The van der Waals surface area contributed by atoms with Crippen LogP contribution >= 0.6 is 0 Å². The molecule has 2 aliphatic rings. The Morgan fingerprint density at radius 3 is 2.62 bits per heavy atom. The number of aromatic nitrogens is 3. The number of nitrogens with one attached hydrogen (secondary N) is 1. The van der Waals surface area contributed by atoms with Gasteiger partial charge in [-0.3, -0.25) is 14.4 Å². The smallest absolute Gasteiger partial charge is 0.251 e. The Morgan fingerprint density at radius 1 is 1.05 bits per heavy atom. The van der Waals surface area contributed by atoms with Crippen molar-refractivity contribution >= 4 is 34.1 Å². The van der Waals surface area contributed by atoms with Gasteiger partial charge in [-0.25, -0.2) is 9.97 Å². The standard InChI is InChI=1S/C30H29N5O4/c1-17-10-21(11-20-14-27(36)34(2)28(17)20)29(37)25-15-26(32-16-31-25)35-8-6-18(7-9-35)23-13-19-12-22(39-3)4-5-24(19)33-30(23)38/h4-5,10-13,15-16,18H,6-9,14H2,1-3H3,(H,33,38). The number of piperidine rings is 1. The van der Waals surface area contributed by atoms with Crippen LogP contribution in [0.1, 0.15) is 51.5 Å². The molecule has 0 radical (unpaired) electrons. The third-order valence-corrected chi connectivity index (χ3v) is 7.92. The minimum absolute atomic E-state index is 0.0239. The SMILES string of the molecule is COc1ccc2[nH]c(=O)c(C3CCN(c4cc(C(=O)c5cc(C)c6c(c5)CC(=O)N6C)ncn4)CC3)cc2c1. The number of anilines is 2. The van der Waals surface area contributed by atoms with E-state index in [1.807, 2.05) is 37.3 Å². The summed E-state index contributed by atoms with van der Waals surface area (Å²) in [6.45, 7) is 3.33. The largest absolute Gasteiger partial charge is 0.497 e. The van der Waals surface area contributed by atoms with Crippen LogP contribution in [-0.2, 0) is 11.2 Å². The topological polar surface area (TPSA) is 108 Å². The molecule has 4 heterocycles. The van der Waals surface area contributed by atoms with E-state index >= 15 is 0 Å². The number of carbonyl (C=O) groups is 2. The lowest BCUT2D eigenvalue weighted by molar-refractivity contribution is -0.117. The van der Waals surface area contributed by atoms with Crippen molar-refractivity contribution in [1.82, 2.24) is 15.0 Å². The van der Waals surface area contributed by atoms with Crippen LogP contribution in [-0.4, -0.2) is 53.9 Å². The second-order valence-electron chi connectivity index (χ2n) is 10.3. The quantitative estimate of drug-likeness (QED) is 0.397. The normalized spacial score (nSPS) is 15.6. The molecular formula is C30H29N5O4. The summed E-state index contributed by atoms with van der Waals surface area (Å²) in [5.41, 5.74) is 4.99. The van der Waals surface area contributed by atoms with Crippen LogP contribution < -0.4 is 20.1 Å². The first-order chi connectivity index (χ1) is 18.8. The number of aryl methyl sites for hydroxylation is 1. The lowest BCUT2D eigenvalue weighted by Gasteiger charge is -2.32. The molecule has 9 nitrogen and oxygen atoms in total. The van der Waals surface area contributed by atoms with Crippen LogP contribution in [0.2, 0.25) is 0 Å². The highest BCUT2D eigenvalue weighted by atomic mass is 16.5. The van der Waals surface area contributed by atoms with Crippen LogP contribution in [0, 0.1) is 6.92 Å². The number of hydrogen-bond donors (Lipinski definition) is 1. The molecule has 6 rings (SSSR count). The van der Waals surface area contributed by atoms with Crippen LogP contribution in [0.25, 0.3) is 10.9 Å². The Kier molecular flexibility index (Phi) is 6.13. The lowest BCUT2D eigenvalue weighted by atomic mass is 9.89. The number of benzene rings is 2. The maximum absolute atomic E-state index is 13.4. The lowest BCUT2D eigenvalue weighted by Crippen LogP contribution is -2.35. The molecule has 1 N–H and O–H groups in total. The molecule has 0 unspecified atom stereocenters. The fourth-order valence-corrected chi connectivity index (χ4v) is 5.85. The number of ether oxygens (including phenoxy) is 1. The van der Waals surface area contributed by atoms with Crippen molar-refractivity contribution in [3.05, 3.63) is 87.1 Å². The Hall–Kier alpha value is -4.53. The average Bonchev–Trinajstić information content (AvgIpc) is 3.25. The molecule has 198 valence electrons. The maximum Gasteiger partial charge on any atom is 0.251 e. The summed E-state index contributed by atoms with van der Waals surface area (Å²) in [6.07, 6.45) is 3.30. The molecule has 9 heteroatoms. The number of H-pyrrole nitrogens is 1. The maximum atomic E-state index is 13.4. The van der Waals surface area contributed by atoms with Crippen molar-refractivity contribution in [2.24, 2.45) is 0 Å². The first kappa shape index (κ1) is 24.8. The number of nitrogens with zero attached hydrogens (tertiary/aromatic N) is 4. The van der Waals surface area contributed by atoms with Crippen LogP contribution in [0.4, 0.5) is 11.5 Å². The molecule has 0 atom stereocenters.